The van der Waals surface area contributed by atoms with Crippen molar-refractivity contribution in [2.75, 3.05) is 18.1 Å². The Kier molecular flexibility index (Phi) is 5.46. The van der Waals surface area contributed by atoms with E-state index < -0.39 is 0 Å². The second-order valence-corrected chi connectivity index (χ2v) is 6.48. The Morgan fingerprint density at radius 2 is 1.88 bits per heavy atom. The molecule has 0 unspecified atom stereocenters. The third kappa shape index (κ3) is 4.06. The Bertz CT molecular complexity index is 778. The number of hydrogen-bond acceptors (Lipinski definition) is 6. The first-order chi connectivity index (χ1) is 12.2. The molecule has 0 radical (unpaired) electrons. The van der Waals surface area contributed by atoms with Crippen LogP contribution >= 0.6 is 0 Å². The molecule has 0 aliphatic heterocycles. The molecule has 0 amide bonds. The summed E-state index contributed by atoms with van der Waals surface area (Å²) in [5.74, 6) is 0.813. The summed E-state index contributed by atoms with van der Waals surface area (Å²) in [5.41, 5.74) is 14.0. The molecule has 130 valence electrons. The molecule has 6 heteroatoms. The molecule has 1 heterocycles. The molecule has 1 aliphatic rings. The number of nitrogen functional groups attached to an aromatic ring is 2. The fourth-order valence-electron chi connectivity index (χ4n) is 3.37. The number of nitriles is 1. The van der Waals surface area contributed by atoms with E-state index in [2.05, 4.69) is 16.0 Å². The highest BCUT2D eigenvalue weighted by Gasteiger charge is 2.17. The molecule has 1 fully saturated rings. The molecule has 2 aromatic rings. The average Bonchev–Trinajstić information content (AvgIpc) is 2.62. The van der Waals surface area contributed by atoms with Crippen LogP contribution in [0.4, 0.5) is 11.8 Å². The maximum absolute atomic E-state index is 9.41. The molecule has 25 heavy (non-hydrogen) atoms. The summed E-state index contributed by atoms with van der Waals surface area (Å²) in [5, 5.41) is 9.41. The maximum atomic E-state index is 9.41. The molecule has 1 saturated carbocycles. The van der Waals surface area contributed by atoms with Crippen LogP contribution in [-0.2, 0) is 11.3 Å². The number of nitrogens with two attached hydrogens (primary N) is 2. The molecule has 0 bridgehead atoms. The van der Waals surface area contributed by atoms with E-state index in [1.165, 1.54) is 32.1 Å². The van der Waals surface area contributed by atoms with Gasteiger partial charge in [0.2, 0.25) is 5.95 Å². The van der Waals surface area contributed by atoms with Crippen LogP contribution < -0.4 is 11.5 Å². The molecular formula is C19H23N5O. The van der Waals surface area contributed by atoms with Gasteiger partial charge >= 0.3 is 0 Å². The van der Waals surface area contributed by atoms with Gasteiger partial charge in [-0.2, -0.15) is 10.2 Å². The van der Waals surface area contributed by atoms with E-state index in [0.717, 1.165) is 17.7 Å². The van der Waals surface area contributed by atoms with Gasteiger partial charge < -0.3 is 16.2 Å². The lowest BCUT2D eigenvalue weighted by Gasteiger charge is -2.21. The molecule has 1 aromatic carbocycles. The van der Waals surface area contributed by atoms with Crippen LogP contribution in [-0.4, -0.2) is 16.6 Å². The van der Waals surface area contributed by atoms with Crippen molar-refractivity contribution in [1.82, 2.24) is 9.97 Å². The van der Waals surface area contributed by atoms with Crippen LogP contribution in [0, 0.1) is 17.2 Å². The lowest BCUT2D eigenvalue weighted by Crippen LogP contribution is -2.13. The van der Waals surface area contributed by atoms with E-state index in [-0.39, 0.29) is 17.3 Å². The summed E-state index contributed by atoms with van der Waals surface area (Å²) >= 11 is 0. The Hall–Kier alpha value is -2.65. The molecule has 1 aromatic heterocycles. The Morgan fingerprint density at radius 1 is 1.12 bits per heavy atom. The van der Waals surface area contributed by atoms with Crippen molar-refractivity contribution in [3.63, 3.8) is 0 Å². The van der Waals surface area contributed by atoms with Gasteiger partial charge in [-0.25, -0.2) is 4.98 Å². The molecule has 1 aliphatic carbocycles. The van der Waals surface area contributed by atoms with Crippen molar-refractivity contribution in [3.05, 3.63) is 35.4 Å². The number of hydrogen-bond donors (Lipinski definition) is 2. The average molecular weight is 337 g/mol. The van der Waals surface area contributed by atoms with Gasteiger partial charge in [0.1, 0.15) is 17.5 Å². The Morgan fingerprint density at radius 3 is 2.64 bits per heavy atom. The van der Waals surface area contributed by atoms with Crippen LogP contribution in [0.1, 0.15) is 43.2 Å². The van der Waals surface area contributed by atoms with Crippen molar-refractivity contribution in [1.29, 1.82) is 5.26 Å². The molecule has 0 saturated heterocycles. The zero-order valence-corrected chi connectivity index (χ0v) is 14.2. The second kappa shape index (κ2) is 7.95. The second-order valence-electron chi connectivity index (χ2n) is 6.48. The van der Waals surface area contributed by atoms with Crippen LogP contribution in [0.2, 0.25) is 0 Å². The van der Waals surface area contributed by atoms with Crippen molar-refractivity contribution in [3.8, 4) is 17.3 Å². The Labute approximate surface area is 147 Å². The molecule has 0 atom stereocenters. The van der Waals surface area contributed by atoms with E-state index in [0.29, 0.717) is 18.2 Å². The van der Waals surface area contributed by atoms with E-state index in [1.54, 1.807) is 0 Å². The summed E-state index contributed by atoms with van der Waals surface area (Å²) in [6.07, 6.45) is 6.44. The maximum Gasteiger partial charge on any atom is 0.222 e. The van der Waals surface area contributed by atoms with Gasteiger partial charge in [0.15, 0.2) is 0 Å². The number of benzene rings is 1. The van der Waals surface area contributed by atoms with Crippen molar-refractivity contribution in [2.24, 2.45) is 5.92 Å². The predicted molar refractivity (Wildman–Crippen MR) is 97.2 cm³/mol. The quantitative estimate of drug-likeness (QED) is 0.866. The summed E-state index contributed by atoms with van der Waals surface area (Å²) < 4.78 is 5.97. The highest BCUT2D eigenvalue weighted by Crippen LogP contribution is 2.29. The third-order valence-corrected chi connectivity index (χ3v) is 4.67. The van der Waals surface area contributed by atoms with Crippen molar-refractivity contribution >= 4 is 11.8 Å². The largest absolute Gasteiger partial charge is 0.382 e. The minimum atomic E-state index is 0.0597. The topological polar surface area (TPSA) is 111 Å². The van der Waals surface area contributed by atoms with E-state index in [1.807, 2.05) is 24.3 Å². The van der Waals surface area contributed by atoms with Crippen molar-refractivity contribution in [2.45, 2.75) is 38.7 Å². The van der Waals surface area contributed by atoms with Gasteiger partial charge in [0, 0.05) is 12.2 Å². The van der Waals surface area contributed by atoms with Gasteiger partial charge in [0.25, 0.3) is 0 Å². The van der Waals surface area contributed by atoms with Crippen LogP contribution in [0.5, 0.6) is 0 Å². The lowest BCUT2D eigenvalue weighted by atomic mass is 9.90. The standard InChI is InChI=1S/C19H23N5O/c20-10-16-17(23-19(22)24-18(16)21)15-9-5-4-8-14(15)12-25-11-13-6-2-1-3-7-13/h4-5,8-9,13H,1-3,6-7,11-12H2,(H4,21,22,23,24). The first kappa shape index (κ1) is 17.2. The Balaban J connectivity index is 1.81. The fourth-order valence-corrected chi connectivity index (χ4v) is 3.37. The zero-order valence-electron chi connectivity index (χ0n) is 14.2. The molecule has 0 spiro atoms. The van der Waals surface area contributed by atoms with Gasteiger partial charge in [-0.1, -0.05) is 43.5 Å². The summed E-state index contributed by atoms with van der Waals surface area (Å²) in [6, 6.07) is 9.81. The summed E-state index contributed by atoms with van der Waals surface area (Å²) in [7, 11) is 0. The van der Waals surface area contributed by atoms with Crippen LogP contribution in [0.25, 0.3) is 11.3 Å². The van der Waals surface area contributed by atoms with Gasteiger partial charge in [-0.3, -0.25) is 0 Å². The minimum Gasteiger partial charge on any atom is -0.382 e. The zero-order chi connectivity index (χ0) is 17.6. The van der Waals surface area contributed by atoms with Crippen molar-refractivity contribution < 1.29 is 4.74 Å². The number of aromatic nitrogens is 2. The monoisotopic (exact) mass is 337 g/mol. The smallest absolute Gasteiger partial charge is 0.222 e. The SMILES string of the molecule is N#Cc1c(N)nc(N)nc1-c1ccccc1COCC1CCCCC1. The predicted octanol–water partition coefficient (Wildman–Crippen LogP) is 3.28. The number of nitrogens with zero attached hydrogens (tertiary/aromatic N) is 3. The lowest BCUT2D eigenvalue weighted by molar-refractivity contribution is 0.0741. The molecule has 3 rings (SSSR count). The van der Waals surface area contributed by atoms with E-state index >= 15 is 0 Å². The summed E-state index contributed by atoms with van der Waals surface area (Å²) in [4.78, 5) is 8.12. The summed E-state index contributed by atoms with van der Waals surface area (Å²) in [6.45, 7) is 1.24. The van der Waals surface area contributed by atoms with Gasteiger partial charge in [-0.05, 0) is 24.3 Å². The molecule has 6 nitrogen and oxygen atoms in total. The number of anilines is 2. The highest BCUT2D eigenvalue weighted by molar-refractivity contribution is 5.75. The highest BCUT2D eigenvalue weighted by atomic mass is 16.5. The fraction of sp³-hybridized carbons (Fsp3) is 0.421. The van der Waals surface area contributed by atoms with E-state index in [9.17, 15) is 5.26 Å². The number of ether oxygens (including phenoxy) is 1. The third-order valence-electron chi connectivity index (χ3n) is 4.67. The normalized spacial score (nSPS) is 15.0. The first-order valence-electron chi connectivity index (χ1n) is 8.68. The van der Waals surface area contributed by atoms with E-state index in [4.69, 9.17) is 16.2 Å². The minimum absolute atomic E-state index is 0.0597. The van der Waals surface area contributed by atoms with Crippen LogP contribution in [0.3, 0.4) is 0 Å². The van der Waals surface area contributed by atoms with Gasteiger partial charge in [-0.15, -0.1) is 0 Å². The number of rotatable bonds is 5. The van der Waals surface area contributed by atoms with Crippen LogP contribution in [0.15, 0.2) is 24.3 Å². The molecular weight excluding hydrogens is 314 g/mol. The first-order valence-corrected chi connectivity index (χ1v) is 8.68. The van der Waals surface area contributed by atoms with Gasteiger partial charge in [0.05, 0.1) is 12.3 Å². The molecule has 4 N–H and O–H groups in total.